The third kappa shape index (κ3) is 2.96. The molecule has 2 aliphatic rings. The molecule has 3 N–H and O–H groups in total. The van der Waals surface area contributed by atoms with E-state index < -0.39 is 0 Å². The second-order valence-corrected chi connectivity index (χ2v) is 4.45. The van der Waals surface area contributed by atoms with E-state index in [0.717, 1.165) is 24.2 Å². The first-order chi connectivity index (χ1) is 8.83. The Morgan fingerprint density at radius 2 is 1.89 bits per heavy atom. The van der Waals surface area contributed by atoms with Crippen LogP contribution in [0.2, 0.25) is 0 Å². The zero-order chi connectivity index (χ0) is 13.0. The lowest BCUT2D eigenvalue weighted by Crippen LogP contribution is -1.98. The average molecular weight is 245 g/mol. The van der Waals surface area contributed by atoms with E-state index in [-0.39, 0.29) is 0 Å². The molecular formula is C14H19N3O. The number of nitrogens with zero attached hydrogens (tertiary/aromatic N) is 2. The quantitative estimate of drug-likeness (QED) is 0.840. The lowest BCUT2D eigenvalue weighted by molar-refractivity contribution is 0.388. The van der Waals surface area contributed by atoms with Crippen molar-refractivity contribution in [3.8, 4) is 0 Å². The number of aliphatic hydroxyl groups is 1. The van der Waals surface area contributed by atoms with Crippen LogP contribution in [0.4, 0.5) is 0 Å². The molecule has 0 radical (unpaired) electrons. The summed E-state index contributed by atoms with van der Waals surface area (Å²) in [6.07, 6.45) is 11.8. The van der Waals surface area contributed by atoms with E-state index in [9.17, 15) is 5.11 Å². The average Bonchev–Trinajstić information content (AvgIpc) is 3.26. The molecule has 0 aromatic carbocycles. The van der Waals surface area contributed by atoms with Gasteiger partial charge in [-0.15, -0.1) is 0 Å². The molecule has 0 bridgehead atoms. The van der Waals surface area contributed by atoms with Crippen molar-refractivity contribution in [3.05, 3.63) is 41.7 Å². The Kier molecular flexibility index (Phi) is 4.10. The molecule has 1 heterocycles. The van der Waals surface area contributed by atoms with Crippen molar-refractivity contribution in [1.82, 2.24) is 9.97 Å². The maximum atomic E-state index is 9.46. The molecule has 0 spiro atoms. The summed E-state index contributed by atoms with van der Waals surface area (Å²) in [5, 5.41) is 9.46. The SMILES string of the molecule is CN.OC1=CC(c2ncc(C3CC3)cn2)=CCC1. The standard InChI is InChI=1S/C13H14N2O.CH5N/c16-12-3-1-2-10(6-12)13-14-7-11(8-15-13)9-4-5-9;1-2/h2,6-9,16H,1,3-5H2;2H2,1H3. The van der Waals surface area contributed by atoms with E-state index in [1.54, 1.807) is 6.08 Å². The first kappa shape index (κ1) is 12.8. The van der Waals surface area contributed by atoms with Gasteiger partial charge in [0.25, 0.3) is 0 Å². The fourth-order valence-corrected chi connectivity index (χ4v) is 1.96. The van der Waals surface area contributed by atoms with Gasteiger partial charge in [-0.3, -0.25) is 0 Å². The van der Waals surface area contributed by atoms with Gasteiger partial charge in [0.2, 0.25) is 0 Å². The molecule has 18 heavy (non-hydrogen) atoms. The third-order valence-corrected chi connectivity index (χ3v) is 3.07. The molecule has 3 rings (SSSR count). The minimum absolute atomic E-state index is 0.423. The second-order valence-electron chi connectivity index (χ2n) is 4.45. The number of aromatic nitrogens is 2. The Bertz CT molecular complexity index is 458. The molecule has 1 saturated carbocycles. The van der Waals surface area contributed by atoms with Crippen LogP contribution in [0.15, 0.2) is 30.3 Å². The maximum absolute atomic E-state index is 9.46. The summed E-state index contributed by atoms with van der Waals surface area (Å²) < 4.78 is 0. The molecule has 1 fully saturated rings. The second kappa shape index (κ2) is 5.78. The van der Waals surface area contributed by atoms with Crippen molar-refractivity contribution in [2.45, 2.75) is 31.6 Å². The van der Waals surface area contributed by atoms with Gasteiger partial charge >= 0.3 is 0 Å². The van der Waals surface area contributed by atoms with Crippen LogP contribution in [-0.4, -0.2) is 22.1 Å². The minimum Gasteiger partial charge on any atom is -0.512 e. The monoisotopic (exact) mass is 245 g/mol. The van der Waals surface area contributed by atoms with Crippen molar-refractivity contribution in [3.63, 3.8) is 0 Å². The van der Waals surface area contributed by atoms with E-state index in [1.165, 1.54) is 25.5 Å². The van der Waals surface area contributed by atoms with E-state index in [4.69, 9.17) is 0 Å². The summed E-state index contributed by atoms with van der Waals surface area (Å²) >= 11 is 0. The molecular weight excluding hydrogens is 226 g/mol. The Balaban J connectivity index is 0.000000574. The number of rotatable bonds is 2. The molecule has 0 unspecified atom stereocenters. The highest BCUT2D eigenvalue weighted by atomic mass is 16.3. The summed E-state index contributed by atoms with van der Waals surface area (Å²) in [7, 11) is 1.50. The fraction of sp³-hybridized carbons (Fsp3) is 0.429. The van der Waals surface area contributed by atoms with Crippen LogP contribution >= 0.6 is 0 Å². The normalized spacial score (nSPS) is 18.3. The van der Waals surface area contributed by atoms with Crippen LogP contribution in [0.3, 0.4) is 0 Å². The summed E-state index contributed by atoms with van der Waals surface area (Å²) in [5.74, 6) is 1.83. The predicted octanol–water partition coefficient (Wildman–Crippen LogP) is 2.55. The molecule has 0 saturated heterocycles. The molecule has 2 aliphatic carbocycles. The lowest BCUT2D eigenvalue weighted by atomic mass is 10.1. The van der Waals surface area contributed by atoms with E-state index in [2.05, 4.69) is 21.8 Å². The molecule has 0 atom stereocenters. The summed E-state index contributed by atoms with van der Waals surface area (Å²) in [6.45, 7) is 0. The first-order valence-corrected chi connectivity index (χ1v) is 6.32. The number of nitrogens with two attached hydrogens (primary N) is 1. The first-order valence-electron chi connectivity index (χ1n) is 6.32. The van der Waals surface area contributed by atoms with Crippen molar-refractivity contribution >= 4 is 5.57 Å². The predicted molar refractivity (Wildman–Crippen MR) is 72.0 cm³/mol. The van der Waals surface area contributed by atoms with Gasteiger partial charge in [-0.2, -0.15) is 0 Å². The molecule has 1 aromatic heterocycles. The largest absolute Gasteiger partial charge is 0.512 e. The summed E-state index contributed by atoms with van der Waals surface area (Å²) in [5.41, 5.74) is 6.68. The van der Waals surface area contributed by atoms with Gasteiger partial charge in [0.05, 0.1) is 5.76 Å². The number of allylic oxidation sites excluding steroid dienone is 4. The van der Waals surface area contributed by atoms with Gasteiger partial charge in [-0.1, -0.05) is 6.08 Å². The van der Waals surface area contributed by atoms with Gasteiger partial charge in [-0.05, 0) is 43.9 Å². The van der Waals surface area contributed by atoms with Crippen LogP contribution in [0.25, 0.3) is 5.57 Å². The smallest absolute Gasteiger partial charge is 0.158 e. The van der Waals surface area contributed by atoms with Crippen LogP contribution in [-0.2, 0) is 0 Å². The topological polar surface area (TPSA) is 72.0 Å². The number of hydrogen-bond donors (Lipinski definition) is 2. The minimum atomic E-state index is 0.423. The Morgan fingerprint density at radius 1 is 1.22 bits per heavy atom. The van der Waals surface area contributed by atoms with Crippen molar-refractivity contribution < 1.29 is 5.11 Å². The molecule has 1 aromatic rings. The summed E-state index contributed by atoms with van der Waals surface area (Å²) in [6, 6.07) is 0. The molecule has 0 amide bonds. The van der Waals surface area contributed by atoms with Gasteiger partial charge in [0.15, 0.2) is 5.82 Å². The van der Waals surface area contributed by atoms with Crippen molar-refractivity contribution in [2.75, 3.05) is 7.05 Å². The van der Waals surface area contributed by atoms with E-state index in [0.29, 0.717) is 11.7 Å². The van der Waals surface area contributed by atoms with Gasteiger partial charge in [0.1, 0.15) is 0 Å². The van der Waals surface area contributed by atoms with Crippen molar-refractivity contribution in [1.29, 1.82) is 0 Å². The number of aliphatic hydroxyl groups excluding tert-OH is 1. The van der Waals surface area contributed by atoms with Crippen LogP contribution in [0, 0.1) is 0 Å². The zero-order valence-electron chi connectivity index (χ0n) is 10.6. The van der Waals surface area contributed by atoms with Crippen LogP contribution in [0.1, 0.15) is 43.0 Å². The highest BCUT2D eigenvalue weighted by Crippen LogP contribution is 2.39. The Hall–Kier alpha value is -1.68. The number of hydrogen-bond acceptors (Lipinski definition) is 4. The van der Waals surface area contributed by atoms with Crippen LogP contribution < -0.4 is 5.73 Å². The van der Waals surface area contributed by atoms with Gasteiger partial charge < -0.3 is 10.8 Å². The fourth-order valence-electron chi connectivity index (χ4n) is 1.96. The molecule has 96 valence electrons. The van der Waals surface area contributed by atoms with E-state index >= 15 is 0 Å². The molecule has 0 aliphatic heterocycles. The summed E-state index contributed by atoms with van der Waals surface area (Å²) in [4.78, 5) is 8.73. The Labute approximate surface area is 107 Å². The molecule has 4 heteroatoms. The zero-order valence-corrected chi connectivity index (χ0v) is 10.6. The van der Waals surface area contributed by atoms with E-state index in [1.807, 2.05) is 12.4 Å². The lowest BCUT2D eigenvalue weighted by Gasteiger charge is -2.08. The van der Waals surface area contributed by atoms with Gasteiger partial charge in [0, 0.05) is 24.4 Å². The Morgan fingerprint density at radius 3 is 2.44 bits per heavy atom. The maximum Gasteiger partial charge on any atom is 0.158 e. The third-order valence-electron chi connectivity index (χ3n) is 3.07. The highest BCUT2D eigenvalue weighted by Gasteiger charge is 2.24. The van der Waals surface area contributed by atoms with Crippen LogP contribution in [0.5, 0.6) is 0 Å². The van der Waals surface area contributed by atoms with Gasteiger partial charge in [-0.25, -0.2) is 9.97 Å². The highest BCUT2D eigenvalue weighted by molar-refractivity contribution is 5.70. The molecule has 4 nitrogen and oxygen atoms in total. The van der Waals surface area contributed by atoms with Crippen molar-refractivity contribution in [2.24, 2.45) is 5.73 Å².